The number of hydrogen-bond donors (Lipinski definition) is 2. The monoisotopic (exact) mass is 413 g/mol. The van der Waals surface area contributed by atoms with Crippen LogP contribution < -0.4 is 10.2 Å². The van der Waals surface area contributed by atoms with Crippen LogP contribution in [0.2, 0.25) is 0 Å². The zero-order chi connectivity index (χ0) is 18.1. The van der Waals surface area contributed by atoms with E-state index in [1.54, 1.807) is 18.3 Å². The van der Waals surface area contributed by atoms with Gasteiger partial charge in [0.05, 0.1) is 11.0 Å². The number of anilines is 1. The van der Waals surface area contributed by atoms with Crippen LogP contribution in [0.25, 0.3) is 11.0 Å². The Morgan fingerprint density at radius 1 is 1.27 bits per heavy atom. The molecule has 7 heteroatoms. The van der Waals surface area contributed by atoms with E-state index in [1.807, 2.05) is 13.1 Å². The number of carbonyl (C=O) groups excluding carboxylic acids is 1. The standard InChI is InChI=1S/C19H20BrN5O/c1-21-13-5-8-25(9-6-13)14-2-3-15-16(11-14)24-19(23-15)18(26)12-4-7-22-17(20)10-12/h2-4,7,10-11,13,21H,5-6,8-9H2,1H3,(H,23,24). The summed E-state index contributed by atoms with van der Waals surface area (Å²) in [4.78, 5) is 26.7. The number of rotatable bonds is 4. The van der Waals surface area contributed by atoms with Crippen LogP contribution in [0.4, 0.5) is 5.69 Å². The van der Waals surface area contributed by atoms with Crippen LogP contribution in [0.15, 0.2) is 41.1 Å². The fraction of sp³-hybridized carbons (Fsp3) is 0.316. The Morgan fingerprint density at radius 2 is 2.08 bits per heavy atom. The van der Waals surface area contributed by atoms with Gasteiger partial charge in [-0.15, -0.1) is 0 Å². The Balaban J connectivity index is 1.59. The maximum Gasteiger partial charge on any atom is 0.228 e. The van der Waals surface area contributed by atoms with Crippen LogP contribution in [0.1, 0.15) is 29.0 Å². The molecule has 1 aromatic carbocycles. The molecule has 0 bridgehead atoms. The number of fused-ring (bicyclic) bond motifs is 1. The molecule has 134 valence electrons. The molecule has 1 fully saturated rings. The van der Waals surface area contributed by atoms with Crippen LogP contribution in [0.3, 0.4) is 0 Å². The van der Waals surface area contributed by atoms with Gasteiger partial charge < -0.3 is 15.2 Å². The van der Waals surface area contributed by atoms with Crippen molar-refractivity contribution in [3.8, 4) is 0 Å². The maximum atomic E-state index is 12.7. The first-order chi connectivity index (χ1) is 12.6. The molecule has 0 radical (unpaired) electrons. The number of H-pyrrole nitrogens is 1. The molecular weight excluding hydrogens is 394 g/mol. The van der Waals surface area contributed by atoms with E-state index in [0.29, 0.717) is 22.0 Å². The Bertz CT molecular complexity index is 946. The molecule has 6 nitrogen and oxygen atoms in total. The predicted octanol–water partition coefficient (Wildman–Crippen LogP) is 3.14. The minimum atomic E-state index is -0.138. The minimum Gasteiger partial charge on any atom is -0.371 e. The molecule has 3 heterocycles. The van der Waals surface area contributed by atoms with E-state index >= 15 is 0 Å². The summed E-state index contributed by atoms with van der Waals surface area (Å²) in [6, 6.07) is 10.1. The van der Waals surface area contributed by atoms with Crippen LogP contribution in [0.5, 0.6) is 0 Å². The first-order valence-electron chi connectivity index (χ1n) is 8.72. The summed E-state index contributed by atoms with van der Waals surface area (Å²) in [6.07, 6.45) is 3.88. The maximum absolute atomic E-state index is 12.7. The summed E-state index contributed by atoms with van der Waals surface area (Å²) in [5.74, 6) is 0.213. The smallest absolute Gasteiger partial charge is 0.228 e. The lowest BCUT2D eigenvalue weighted by molar-refractivity contribution is 0.103. The van der Waals surface area contributed by atoms with Crippen molar-refractivity contribution in [2.24, 2.45) is 0 Å². The summed E-state index contributed by atoms with van der Waals surface area (Å²) in [5.41, 5.74) is 3.41. The van der Waals surface area contributed by atoms with Crippen molar-refractivity contribution in [2.45, 2.75) is 18.9 Å². The van der Waals surface area contributed by atoms with Crippen LogP contribution >= 0.6 is 15.9 Å². The van der Waals surface area contributed by atoms with E-state index in [-0.39, 0.29) is 5.78 Å². The number of pyridine rings is 1. The molecule has 0 aliphatic carbocycles. The highest BCUT2D eigenvalue weighted by Crippen LogP contribution is 2.24. The number of benzene rings is 1. The van der Waals surface area contributed by atoms with E-state index in [1.165, 1.54) is 5.69 Å². The number of carbonyl (C=O) groups is 1. The lowest BCUT2D eigenvalue weighted by atomic mass is 10.0. The normalized spacial score (nSPS) is 15.5. The highest BCUT2D eigenvalue weighted by Gasteiger charge is 2.19. The number of ketones is 1. The van der Waals surface area contributed by atoms with Gasteiger partial charge in [-0.2, -0.15) is 0 Å². The van der Waals surface area contributed by atoms with Gasteiger partial charge in [-0.1, -0.05) is 0 Å². The predicted molar refractivity (Wildman–Crippen MR) is 106 cm³/mol. The van der Waals surface area contributed by atoms with Gasteiger partial charge in [-0.05, 0) is 66.2 Å². The van der Waals surface area contributed by atoms with E-state index in [9.17, 15) is 4.79 Å². The van der Waals surface area contributed by atoms with E-state index in [2.05, 4.69) is 53.2 Å². The largest absolute Gasteiger partial charge is 0.371 e. The molecule has 1 aliphatic rings. The Kier molecular flexibility index (Phi) is 4.74. The third-order valence-corrected chi connectivity index (χ3v) is 5.37. The molecule has 2 aromatic heterocycles. The first-order valence-corrected chi connectivity index (χ1v) is 9.51. The van der Waals surface area contributed by atoms with Gasteiger partial charge in [0, 0.05) is 36.6 Å². The van der Waals surface area contributed by atoms with Crippen molar-refractivity contribution < 1.29 is 4.79 Å². The number of halogens is 1. The van der Waals surface area contributed by atoms with Gasteiger partial charge in [0.2, 0.25) is 5.78 Å². The van der Waals surface area contributed by atoms with E-state index < -0.39 is 0 Å². The Hall–Kier alpha value is -2.25. The second-order valence-electron chi connectivity index (χ2n) is 6.53. The van der Waals surface area contributed by atoms with Crippen molar-refractivity contribution in [2.75, 3.05) is 25.0 Å². The lowest BCUT2D eigenvalue weighted by Crippen LogP contribution is -2.41. The molecule has 2 N–H and O–H groups in total. The van der Waals surface area contributed by atoms with Crippen LogP contribution in [-0.4, -0.2) is 46.9 Å². The van der Waals surface area contributed by atoms with Gasteiger partial charge in [-0.25, -0.2) is 9.97 Å². The second-order valence-corrected chi connectivity index (χ2v) is 7.35. The zero-order valence-electron chi connectivity index (χ0n) is 14.5. The molecule has 26 heavy (non-hydrogen) atoms. The van der Waals surface area contributed by atoms with E-state index in [4.69, 9.17) is 0 Å². The third kappa shape index (κ3) is 3.37. The van der Waals surface area contributed by atoms with Crippen LogP contribution in [0, 0.1) is 0 Å². The average Bonchev–Trinajstić information content (AvgIpc) is 3.10. The van der Waals surface area contributed by atoms with Crippen molar-refractivity contribution in [3.05, 3.63) is 52.5 Å². The molecule has 1 aliphatic heterocycles. The minimum absolute atomic E-state index is 0.138. The van der Waals surface area contributed by atoms with Crippen molar-refractivity contribution in [1.29, 1.82) is 0 Å². The lowest BCUT2D eigenvalue weighted by Gasteiger charge is -2.33. The number of nitrogens with zero attached hydrogens (tertiary/aromatic N) is 3. The number of imidazole rings is 1. The molecular formula is C19H20BrN5O. The van der Waals surface area contributed by atoms with Gasteiger partial charge in [0.25, 0.3) is 0 Å². The second kappa shape index (κ2) is 7.17. The molecule has 0 unspecified atom stereocenters. The number of nitrogens with one attached hydrogen (secondary N) is 2. The molecule has 0 atom stereocenters. The summed E-state index contributed by atoms with van der Waals surface area (Å²) >= 11 is 3.30. The zero-order valence-corrected chi connectivity index (χ0v) is 16.1. The van der Waals surface area contributed by atoms with Gasteiger partial charge in [0.1, 0.15) is 4.60 Å². The first kappa shape index (κ1) is 17.2. The third-order valence-electron chi connectivity index (χ3n) is 4.94. The fourth-order valence-corrected chi connectivity index (χ4v) is 3.77. The Morgan fingerprint density at radius 3 is 2.81 bits per heavy atom. The van der Waals surface area contributed by atoms with Gasteiger partial charge >= 0.3 is 0 Å². The van der Waals surface area contributed by atoms with Gasteiger partial charge in [-0.3, -0.25) is 4.79 Å². The van der Waals surface area contributed by atoms with Crippen molar-refractivity contribution >= 4 is 38.4 Å². The number of aromatic amines is 1. The number of piperidine rings is 1. The quantitative estimate of drug-likeness (QED) is 0.507. The van der Waals surface area contributed by atoms with Crippen molar-refractivity contribution in [1.82, 2.24) is 20.3 Å². The summed E-state index contributed by atoms with van der Waals surface area (Å²) < 4.78 is 0.631. The number of aromatic nitrogens is 3. The van der Waals surface area contributed by atoms with E-state index in [0.717, 1.165) is 37.0 Å². The summed E-state index contributed by atoms with van der Waals surface area (Å²) in [6.45, 7) is 2.06. The Labute approximate surface area is 160 Å². The topological polar surface area (TPSA) is 73.9 Å². The SMILES string of the molecule is CNC1CCN(c2ccc3nc(C(=O)c4ccnc(Br)c4)[nH]c3c2)CC1. The van der Waals surface area contributed by atoms with Crippen molar-refractivity contribution in [3.63, 3.8) is 0 Å². The highest BCUT2D eigenvalue weighted by atomic mass is 79.9. The highest BCUT2D eigenvalue weighted by molar-refractivity contribution is 9.10. The molecule has 3 aromatic rings. The summed E-state index contributed by atoms with van der Waals surface area (Å²) in [7, 11) is 2.02. The van der Waals surface area contributed by atoms with Gasteiger partial charge in [0.15, 0.2) is 5.82 Å². The summed E-state index contributed by atoms with van der Waals surface area (Å²) in [5, 5.41) is 3.35. The number of hydrogen-bond acceptors (Lipinski definition) is 5. The average molecular weight is 414 g/mol. The van der Waals surface area contributed by atoms with Crippen LogP contribution in [-0.2, 0) is 0 Å². The fourth-order valence-electron chi connectivity index (χ4n) is 3.41. The molecule has 1 saturated heterocycles. The molecule has 0 saturated carbocycles. The molecule has 0 spiro atoms. The molecule has 0 amide bonds. The molecule has 4 rings (SSSR count).